The number of ether oxygens (including phenoxy) is 1. The van der Waals surface area contributed by atoms with Crippen molar-refractivity contribution in [2.45, 2.75) is 6.04 Å². The van der Waals surface area contributed by atoms with Gasteiger partial charge in [0, 0.05) is 3.57 Å². The molecule has 2 rings (SSSR count). The van der Waals surface area contributed by atoms with Crippen LogP contribution in [0.2, 0.25) is 0 Å². The largest absolute Gasteiger partial charge is 0.506 e. The average molecular weight is 503 g/mol. The summed E-state index contributed by atoms with van der Waals surface area (Å²) in [6, 6.07) is 2.71. The van der Waals surface area contributed by atoms with Gasteiger partial charge < -0.3 is 20.3 Å². The fraction of sp³-hybridized carbons (Fsp3) is 0.333. The van der Waals surface area contributed by atoms with E-state index >= 15 is 0 Å². The van der Waals surface area contributed by atoms with Gasteiger partial charge in [-0.25, -0.2) is 0 Å². The smallest absolute Gasteiger partial charge is 0.311 e. The van der Waals surface area contributed by atoms with Gasteiger partial charge in [0.15, 0.2) is 0 Å². The number of carbonyl (C=O) groups is 2. The maximum atomic E-state index is 12.2. The van der Waals surface area contributed by atoms with Crippen LogP contribution in [-0.2, 0) is 9.53 Å². The van der Waals surface area contributed by atoms with E-state index in [4.69, 9.17) is 9.84 Å². The number of hydrogen-bond acceptors (Lipinski definition) is 4. The highest BCUT2D eigenvalue weighted by Gasteiger charge is 2.35. The maximum Gasteiger partial charge on any atom is 0.311 e. The number of phenols is 1. The van der Waals surface area contributed by atoms with Gasteiger partial charge in [-0.3, -0.25) is 9.59 Å². The van der Waals surface area contributed by atoms with E-state index in [1.165, 1.54) is 0 Å². The molecule has 0 spiro atoms. The fourth-order valence-electron chi connectivity index (χ4n) is 1.93. The highest BCUT2D eigenvalue weighted by molar-refractivity contribution is 14.1. The first kappa shape index (κ1) is 15.8. The summed E-state index contributed by atoms with van der Waals surface area (Å²) in [5, 5.41) is 21.6. The highest BCUT2D eigenvalue weighted by Crippen LogP contribution is 2.27. The van der Waals surface area contributed by atoms with Gasteiger partial charge in [0.1, 0.15) is 11.7 Å². The first-order chi connectivity index (χ1) is 9.40. The minimum Gasteiger partial charge on any atom is -0.506 e. The number of carbonyl (C=O) groups excluding carboxylic acids is 1. The van der Waals surface area contributed by atoms with E-state index in [1.54, 1.807) is 12.1 Å². The second kappa shape index (κ2) is 6.43. The zero-order valence-electron chi connectivity index (χ0n) is 10.1. The summed E-state index contributed by atoms with van der Waals surface area (Å²) in [6.07, 6.45) is 0. The Balaban J connectivity index is 2.18. The summed E-state index contributed by atoms with van der Waals surface area (Å²) in [5.74, 6) is -2.37. The van der Waals surface area contributed by atoms with E-state index in [0.717, 1.165) is 3.57 Å². The van der Waals surface area contributed by atoms with Crippen molar-refractivity contribution in [3.63, 3.8) is 0 Å². The van der Waals surface area contributed by atoms with Crippen molar-refractivity contribution in [3.8, 4) is 5.75 Å². The Hall–Kier alpha value is -0.620. The Morgan fingerprint density at radius 1 is 1.30 bits per heavy atom. The summed E-state index contributed by atoms with van der Waals surface area (Å²) in [7, 11) is 0. The lowest BCUT2D eigenvalue weighted by Gasteiger charge is -2.16. The number of carboxylic acids is 1. The number of nitrogens with one attached hydrogen (secondary N) is 1. The Labute approximate surface area is 142 Å². The molecule has 8 heteroatoms. The molecular formula is C12H11I2NO5. The SMILES string of the molecule is O=C(NC1COCC1C(=O)O)c1cc(I)cc(I)c1O. The molecule has 1 aliphatic rings. The van der Waals surface area contributed by atoms with Crippen LogP contribution in [0.5, 0.6) is 5.75 Å². The van der Waals surface area contributed by atoms with Gasteiger partial charge in [0.25, 0.3) is 5.91 Å². The number of halogens is 2. The lowest BCUT2D eigenvalue weighted by Crippen LogP contribution is -2.42. The van der Waals surface area contributed by atoms with Crippen molar-refractivity contribution >= 4 is 57.1 Å². The molecule has 6 nitrogen and oxygen atoms in total. The van der Waals surface area contributed by atoms with Crippen molar-refractivity contribution in [3.05, 3.63) is 24.8 Å². The molecule has 1 fully saturated rings. The molecule has 1 amide bonds. The van der Waals surface area contributed by atoms with Gasteiger partial charge in [-0.1, -0.05) is 0 Å². The number of aliphatic carboxylic acids is 1. The van der Waals surface area contributed by atoms with Crippen LogP contribution < -0.4 is 5.32 Å². The van der Waals surface area contributed by atoms with E-state index < -0.39 is 23.8 Å². The summed E-state index contributed by atoms with van der Waals surface area (Å²) >= 11 is 3.98. The second-order valence-corrected chi connectivity index (χ2v) is 6.75. The summed E-state index contributed by atoms with van der Waals surface area (Å²) < 4.78 is 6.46. The molecule has 1 aliphatic heterocycles. The molecule has 108 valence electrons. The molecule has 0 bridgehead atoms. The van der Waals surface area contributed by atoms with E-state index in [-0.39, 0.29) is 24.5 Å². The normalized spacial score (nSPS) is 21.7. The molecule has 0 aromatic heterocycles. The van der Waals surface area contributed by atoms with Gasteiger partial charge in [0.05, 0.1) is 28.4 Å². The van der Waals surface area contributed by atoms with Crippen LogP contribution in [0.15, 0.2) is 12.1 Å². The van der Waals surface area contributed by atoms with Crippen LogP contribution in [0.25, 0.3) is 0 Å². The molecule has 3 N–H and O–H groups in total. The molecule has 20 heavy (non-hydrogen) atoms. The van der Waals surface area contributed by atoms with Gasteiger partial charge in [-0.15, -0.1) is 0 Å². The van der Waals surface area contributed by atoms with Crippen LogP contribution >= 0.6 is 45.2 Å². The second-order valence-electron chi connectivity index (χ2n) is 4.35. The van der Waals surface area contributed by atoms with E-state index in [9.17, 15) is 14.7 Å². The van der Waals surface area contributed by atoms with Crippen molar-refractivity contribution in [2.24, 2.45) is 5.92 Å². The van der Waals surface area contributed by atoms with Crippen molar-refractivity contribution < 1.29 is 24.5 Å². The molecule has 2 unspecified atom stereocenters. The van der Waals surface area contributed by atoms with Gasteiger partial charge in [0.2, 0.25) is 0 Å². The molecule has 2 atom stereocenters. The Morgan fingerprint density at radius 3 is 2.65 bits per heavy atom. The molecule has 1 aromatic rings. The number of benzene rings is 1. The minimum absolute atomic E-state index is 0.0795. The van der Waals surface area contributed by atoms with Gasteiger partial charge in [-0.2, -0.15) is 0 Å². The highest BCUT2D eigenvalue weighted by atomic mass is 127. The zero-order chi connectivity index (χ0) is 14.9. The van der Waals surface area contributed by atoms with Crippen molar-refractivity contribution in [1.29, 1.82) is 0 Å². The number of aromatic hydroxyl groups is 1. The van der Waals surface area contributed by atoms with Crippen LogP contribution in [0.4, 0.5) is 0 Å². The van der Waals surface area contributed by atoms with Crippen LogP contribution in [-0.4, -0.2) is 41.3 Å². The fourth-order valence-corrected chi connectivity index (χ4v) is 3.77. The first-order valence-corrected chi connectivity index (χ1v) is 7.85. The first-order valence-electron chi connectivity index (χ1n) is 5.69. The summed E-state index contributed by atoms with van der Waals surface area (Å²) in [5.41, 5.74) is 0.136. The maximum absolute atomic E-state index is 12.2. The molecular weight excluding hydrogens is 492 g/mol. The average Bonchev–Trinajstić information content (AvgIpc) is 2.81. The third-order valence-electron chi connectivity index (χ3n) is 2.99. The summed E-state index contributed by atoms with van der Waals surface area (Å²) in [6.45, 7) is 0.237. The molecule has 0 aliphatic carbocycles. The van der Waals surface area contributed by atoms with Gasteiger partial charge >= 0.3 is 5.97 Å². The molecule has 0 radical (unpaired) electrons. The number of rotatable bonds is 3. The third kappa shape index (κ3) is 3.34. The number of amides is 1. The van der Waals surface area contributed by atoms with Crippen LogP contribution in [0.1, 0.15) is 10.4 Å². The quantitative estimate of drug-likeness (QED) is 0.543. The van der Waals surface area contributed by atoms with E-state index in [2.05, 4.69) is 5.32 Å². The predicted molar refractivity (Wildman–Crippen MR) is 86.7 cm³/mol. The number of phenolic OH excluding ortho intramolecular Hbond substituents is 1. The lowest BCUT2D eigenvalue weighted by atomic mass is 10.0. The molecule has 1 aromatic carbocycles. The van der Waals surface area contributed by atoms with Crippen LogP contribution in [0, 0.1) is 13.1 Å². The lowest BCUT2D eigenvalue weighted by molar-refractivity contribution is -0.142. The molecule has 1 saturated heterocycles. The van der Waals surface area contributed by atoms with Crippen LogP contribution in [0.3, 0.4) is 0 Å². The number of carboxylic acid groups (broad SMARTS) is 1. The standard InChI is InChI=1S/C12H11I2NO5/c13-5-1-6(10(16)8(14)2-5)11(17)15-9-4-20-3-7(9)12(18)19/h1-2,7,9,16H,3-4H2,(H,15,17)(H,18,19). The number of hydrogen-bond donors (Lipinski definition) is 3. The predicted octanol–water partition coefficient (Wildman–Crippen LogP) is 1.43. The Bertz CT molecular complexity index is 563. The minimum atomic E-state index is -1.01. The van der Waals surface area contributed by atoms with E-state index in [1.807, 2.05) is 45.2 Å². The van der Waals surface area contributed by atoms with Crippen molar-refractivity contribution in [1.82, 2.24) is 5.32 Å². The third-order valence-corrected chi connectivity index (χ3v) is 4.43. The Morgan fingerprint density at radius 2 is 2.00 bits per heavy atom. The topological polar surface area (TPSA) is 95.9 Å². The Kier molecular flexibility index (Phi) is 5.07. The van der Waals surface area contributed by atoms with Gasteiger partial charge in [-0.05, 0) is 57.3 Å². The monoisotopic (exact) mass is 503 g/mol. The zero-order valence-corrected chi connectivity index (χ0v) is 14.4. The molecule has 1 heterocycles. The van der Waals surface area contributed by atoms with Crippen molar-refractivity contribution in [2.75, 3.05) is 13.2 Å². The molecule has 0 saturated carbocycles. The van der Waals surface area contributed by atoms with E-state index in [0.29, 0.717) is 3.57 Å². The summed E-state index contributed by atoms with van der Waals surface area (Å²) in [4.78, 5) is 23.2.